The molecular formula is C18H19N3O4S. The summed E-state index contributed by atoms with van der Waals surface area (Å²) in [5, 5.41) is 11.0. The Morgan fingerprint density at radius 2 is 1.77 bits per heavy atom. The van der Waals surface area contributed by atoms with Crippen LogP contribution in [0.1, 0.15) is 18.4 Å². The Morgan fingerprint density at radius 3 is 2.50 bits per heavy atom. The van der Waals surface area contributed by atoms with Gasteiger partial charge in [-0.3, -0.25) is 14.4 Å². The van der Waals surface area contributed by atoms with Crippen molar-refractivity contribution in [2.75, 3.05) is 28.8 Å². The first kappa shape index (κ1) is 16.8. The van der Waals surface area contributed by atoms with E-state index in [0.29, 0.717) is 18.7 Å². The molecule has 0 bridgehead atoms. The number of hydrogen-bond donors (Lipinski definition) is 0. The SMILES string of the molecule is O=[N+]([O-])c1cccc(S(=O)(=O)N2CCc3ccc(N4CCCC4)cc32)c1. The molecule has 2 aromatic carbocycles. The molecule has 7 nitrogen and oxygen atoms in total. The molecule has 0 aromatic heterocycles. The molecule has 2 aromatic rings. The number of anilines is 2. The van der Waals surface area contributed by atoms with Gasteiger partial charge in [0.15, 0.2) is 0 Å². The third-order valence-corrected chi connectivity index (χ3v) is 6.82. The molecule has 0 amide bonds. The highest BCUT2D eigenvalue weighted by atomic mass is 32.2. The first-order valence-corrected chi connectivity index (χ1v) is 10.1. The van der Waals surface area contributed by atoms with E-state index in [4.69, 9.17) is 0 Å². The molecule has 136 valence electrons. The van der Waals surface area contributed by atoms with Crippen LogP contribution in [0.15, 0.2) is 47.4 Å². The molecule has 0 spiro atoms. The third kappa shape index (κ3) is 2.80. The van der Waals surface area contributed by atoms with E-state index in [9.17, 15) is 18.5 Å². The number of benzene rings is 2. The van der Waals surface area contributed by atoms with Crippen molar-refractivity contribution < 1.29 is 13.3 Å². The largest absolute Gasteiger partial charge is 0.371 e. The standard InChI is InChI=1S/C18H19N3O4S/c22-21(23)16-4-3-5-17(12-16)26(24,25)20-11-8-14-6-7-15(13-18(14)20)19-9-1-2-10-19/h3-7,12-13H,1-2,8-11H2. The maximum absolute atomic E-state index is 13.1. The van der Waals surface area contributed by atoms with E-state index in [-0.39, 0.29) is 10.6 Å². The lowest BCUT2D eigenvalue weighted by Crippen LogP contribution is -2.29. The van der Waals surface area contributed by atoms with Crippen LogP contribution in [0, 0.1) is 10.1 Å². The number of hydrogen-bond acceptors (Lipinski definition) is 5. The molecule has 26 heavy (non-hydrogen) atoms. The number of nitro groups is 1. The van der Waals surface area contributed by atoms with Crippen molar-refractivity contribution in [2.45, 2.75) is 24.2 Å². The Hall–Kier alpha value is -2.61. The summed E-state index contributed by atoms with van der Waals surface area (Å²) in [5.41, 5.74) is 2.47. The molecule has 8 heteroatoms. The summed E-state index contributed by atoms with van der Waals surface area (Å²) in [5.74, 6) is 0. The average Bonchev–Trinajstić information content (AvgIpc) is 3.31. The molecule has 0 saturated carbocycles. The highest BCUT2D eigenvalue weighted by Gasteiger charge is 2.32. The van der Waals surface area contributed by atoms with Gasteiger partial charge in [-0.05, 0) is 43.0 Å². The van der Waals surface area contributed by atoms with Gasteiger partial charge < -0.3 is 4.90 Å². The van der Waals surface area contributed by atoms with Crippen molar-refractivity contribution in [1.29, 1.82) is 0 Å². The number of sulfonamides is 1. The number of rotatable bonds is 4. The molecule has 0 atom stereocenters. The van der Waals surface area contributed by atoms with Gasteiger partial charge in [-0.15, -0.1) is 0 Å². The Bertz CT molecular complexity index is 968. The monoisotopic (exact) mass is 373 g/mol. The van der Waals surface area contributed by atoms with Crippen LogP contribution in [-0.4, -0.2) is 33.0 Å². The van der Waals surface area contributed by atoms with Gasteiger partial charge in [0.25, 0.3) is 15.7 Å². The fraction of sp³-hybridized carbons (Fsp3) is 0.333. The molecule has 1 saturated heterocycles. The van der Waals surface area contributed by atoms with E-state index in [0.717, 1.165) is 43.2 Å². The van der Waals surface area contributed by atoms with E-state index in [2.05, 4.69) is 4.90 Å². The van der Waals surface area contributed by atoms with Crippen molar-refractivity contribution in [3.05, 3.63) is 58.1 Å². The summed E-state index contributed by atoms with van der Waals surface area (Å²) >= 11 is 0. The fourth-order valence-corrected chi connectivity index (χ4v) is 5.18. The van der Waals surface area contributed by atoms with Crippen molar-refractivity contribution in [1.82, 2.24) is 0 Å². The quantitative estimate of drug-likeness (QED) is 0.608. The average molecular weight is 373 g/mol. The molecule has 2 aliphatic rings. The molecular weight excluding hydrogens is 354 g/mol. The van der Waals surface area contributed by atoms with E-state index in [1.54, 1.807) is 0 Å². The molecule has 0 aliphatic carbocycles. The molecule has 4 rings (SSSR count). The summed E-state index contributed by atoms with van der Waals surface area (Å²) in [7, 11) is -3.84. The van der Waals surface area contributed by atoms with Crippen molar-refractivity contribution >= 4 is 27.1 Å². The molecule has 0 N–H and O–H groups in total. The van der Waals surface area contributed by atoms with E-state index in [1.807, 2.05) is 18.2 Å². The van der Waals surface area contributed by atoms with Crippen molar-refractivity contribution in [2.24, 2.45) is 0 Å². The Kier molecular flexibility index (Phi) is 4.07. The topological polar surface area (TPSA) is 83.8 Å². The smallest absolute Gasteiger partial charge is 0.270 e. The summed E-state index contributed by atoms with van der Waals surface area (Å²) in [6.07, 6.45) is 2.93. The highest BCUT2D eigenvalue weighted by molar-refractivity contribution is 7.92. The molecule has 2 aliphatic heterocycles. The van der Waals surface area contributed by atoms with Crippen LogP contribution >= 0.6 is 0 Å². The van der Waals surface area contributed by atoms with Crippen LogP contribution in [0.4, 0.5) is 17.1 Å². The van der Waals surface area contributed by atoms with Gasteiger partial charge in [0.05, 0.1) is 15.5 Å². The predicted molar refractivity (Wildman–Crippen MR) is 99.2 cm³/mol. The predicted octanol–water partition coefficient (Wildman–Crippen LogP) is 2.95. The van der Waals surface area contributed by atoms with Crippen LogP contribution in [-0.2, 0) is 16.4 Å². The number of nitro benzene ring substituents is 1. The van der Waals surface area contributed by atoms with Gasteiger partial charge in [0.2, 0.25) is 0 Å². The molecule has 0 radical (unpaired) electrons. The second-order valence-electron chi connectivity index (χ2n) is 6.59. The summed E-state index contributed by atoms with van der Waals surface area (Å²) in [6, 6.07) is 11.2. The van der Waals surface area contributed by atoms with Gasteiger partial charge in [-0.25, -0.2) is 8.42 Å². The fourth-order valence-electron chi connectivity index (χ4n) is 3.64. The number of fused-ring (bicyclic) bond motifs is 1. The molecule has 2 heterocycles. The zero-order valence-electron chi connectivity index (χ0n) is 14.2. The Labute approximate surface area is 152 Å². The second kappa shape index (κ2) is 6.28. The minimum atomic E-state index is -3.84. The highest BCUT2D eigenvalue weighted by Crippen LogP contribution is 2.37. The molecule has 1 fully saturated rings. The second-order valence-corrected chi connectivity index (χ2v) is 8.45. The first-order valence-electron chi connectivity index (χ1n) is 8.62. The third-order valence-electron chi connectivity index (χ3n) is 5.01. The van der Waals surface area contributed by atoms with Gasteiger partial charge in [-0.2, -0.15) is 0 Å². The van der Waals surface area contributed by atoms with Gasteiger partial charge >= 0.3 is 0 Å². The van der Waals surface area contributed by atoms with Crippen LogP contribution in [0.2, 0.25) is 0 Å². The lowest BCUT2D eigenvalue weighted by Gasteiger charge is -2.23. The summed E-state index contributed by atoms with van der Waals surface area (Å²) in [6.45, 7) is 2.32. The normalized spacial score (nSPS) is 16.8. The van der Waals surface area contributed by atoms with Gasteiger partial charge in [0.1, 0.15) is 0 Å². The Balaban J connectivity index is 1.72. The number of non-ortho nitro benzene ring substituents is 1. The van der Waals surface area contributed by atoms with E-state index in [1.165, 1.54) is 22.5 Å². The molecule has 0 unspecified atom stereocenters. The van der Waals surface area contributed by atoms with Crippen LogP contribution in [0.25, 0.3) is 0 Å². The Morgan fingerprint density at radius 1 is 1.00 bits per heavy atom. The lowest BCUT2D eigenvalue weighted by molar-refractivity contribution is -0.385. The zero-order valence-corrected chi connectivity index (χ0v) is 15.0. The van der Waals surface area contributed by atoms with E-state index < -0.39 is 14.9 Å². The maximum Gasteiger partial charge on any atom is 0.270 e. The van der Waals surface area contributed by atoms with Crippen molar-refractivity contribution in [3.8, 4) is 0 Å². The lowest BCUT2D eigenvalue weighted by atomic mass is 10.1. The van der Waals surface area contributed by atoms with E-state index >= 15 is 0 Å². The number of nitrogens with zero attached hydrogens (tertiary/aromatic N) is 3. The maximum atomic E-state index is 13.1. The van der Waals surface area contributed by atoms with Crippen LogP contribution in [0.5, 0.6) is 0 Å². The van der Waals surface area contributed by atoms with Gasteiger partial charge in [-0.1, -0.05) is 12.1 Å². The minimum Gasteiger partial charge on any atom is -0.371 e. The van der Waals surface area contributed by atoms with Crippen molar-refractivity contribution in [3.63, 3.8) is 0 Å². The van der Waals surface area contributed by atoms with Crippen LogP contribution in [0.3, 0.4) is 0 Å². The zero-order chi connectivity index (χ0) is 18.3. The van der Waals surface area contributed by atoms with Gasteiger partial charge in [0, 0.05) is 37.5 Å². The summed E-state index contributed by atoms with van der Waals surface area (Å²) < 4.78 is 27.6. The minimum absolute atomic E-state index is 0.0499. The summed E-state index contributed by atoms with van der Waals surface area (Å²) in [4.78, 5) is 12.6. The first-order chi connectivity index (χ1) is 12.5. The van der Waals surface area contributed by atoms with Crippen LogP contribution < -0.4 is 9.21 Å².